The number of hydrogen-bond acceptors (Lipinski definition) is 7. The van der Waals surface area contributed by atoms with E-state index in [2.05, 4.69) is 5.32 Å². The van der Waals surface area contributed by atoms with Crippen LogP contribution < -0.4 is 10.2 Å². The molecule has 1 N–H and O–H groups in total. The van der Waals surface area contributed by atoms with Crippen molar-refractivity contribution in [1.29, 1.82) is 0 Å². The normalized spacial score (nSPS) is 17.5. The lowest BCUT2D eigenvalue weighted by Gasteiger charge is -2.17. The van der Waals surface area contributed by atoms with Crippen LogP contribution in [0.3, 0.4) is 0 Å². The van der Waals surface area contributed by atoms with Crippen molar-refractivity contribution in [2.75, 3.05) is 30.4 Å². The highest BCUT2D eigenvalue weighted by molar-refractivity contribution is 8.26. The summed E-state index contributed by atoms with van der Waals surface area (Å²) in [4.78, 5) is 53.3. The number of rotatable bonds is 5. The summed E-state index contributed by atoms with van der Waals surface area (Å²) in [6, 6.07) is 13.3. The molecule has 1 fully saturated rings. The van der Waals surface area contributed by atoms with E-state index in [9.17, 15) is 19.2 Å². The van der Waals surface area contributed by atoms with Gasteiger partial charge in [-0.25, -0.2) is 4.79 Å². The lowest BCUT2D eigenvalue weighted by molar-refractivity contribution is -0.121. The van der Waals surface area contributed by atoms with Crippen molar-refractivity contribution in [3.8, 4) is 0 Å². The van der Waals surface area contributed by atoms with Gasteiger partial charge in [-0.3, -0.25) is 24.2 Å². The van der Waals surface area contributed by atoms with E-state index in [1.165, 1.54) is 9.80 Å². The van der Waals surface area contributed by atoms with Crippen molar-refractivity contribution < 1.29 is 23.9 Å². The Morgan fingerprint density at radius 2 is 1.76 bits per heavy atom. The van der Waals surface area contributed by atoms with Crippen molar-refractivity contribution >= 4 is 68.9 Å². The zero-order valence-corrected chi connectivity index (χ0v) is 19.4. The Balaban J connectivity index is 1.55. The smallest absolute Gasteiger partial charge is 0.338 e. The van der Waals surface area contributed by atoms with Gasteiger partial charge in [0.25, 0.3) is 11.8 Å². The van der Waals surface area contributed by atoms with Gasteiger partial charge in [-0.15, -0.1) is 0 Å². The van der Waals surface area contributed by atoms with Gasteiger partial charge in [0.15, 0.2) is 0 Å². The van der Waals surface area contributed by atoms with Crippen molar-refractivity contribution in [2.24, 2.45) is 0 Å². The van der Waals surface area contributed by atoms with E-state index in [4.69, 9.17) is 17.0 Å². The molecule has 3 amide bonds. The molecule has 0 unspecified atom stereocenters. The summed E-state index contributed by atoms with van der Waals surface area (Å²) in [5.74, 6) is -1.64. The van der Waals surface area contributed by atoms with Crippen LogP contribution >= 0.6 is 24.0 Å². The molecule has 2 heterocycles. The highest BCUT2D eigenvalue weighted by Crippen LogP contribution is 2.44. The molecule has 0 atom stereocenters. The number of fused-ring (bicyclic) bond motifs is 1. The second-order valence-corrected chi connectivity index (χ2v) is 8.83. The molecule has 10 heteroatoms. The number of para-hydroxylation sites is 1. The monoisotopic (exact) mass is 481 g/mol. The maximum Gasteiger partial charge on any atom is 0.338 e. The third-order valence-electron chi connectivity index (χ3n) is 5.09. The molecular formula is C23H19N3O5S2. The number of anilines is 2. The van der Waals surface area contributed by atoms with E-state index in [1.54, 1.807) is 62.5 Å². The predicted octanol–water partition coefficient (Wildman–Crippen LogP) is 3.05. The third kappa shape index (κ3) is 4.27. The molecule has 2 aliphatic heterocycles. The van der Waals surface area contributed by atoms with Gasteiger partial charge in [-0.2, -0.15) is 0 Å². The minimum atomic E-state index is -0.445. The second-order valence-electron chi connectivity index (χ2n) is 7.19. The molecule has 0 spiro atoms. The average molecular weight is 482 g/mol. The van der Waals surface area contributed by atoms with Crippen molar-refractivity contribution in [3.05, 3.63) is 64.6 Å². The number of thiocarbonyl (C=S) groups is 1. The molecule has 0 aromatic heterocycles. The molecule has 0 aliphatic carbocycles. The Labute approximate surface area is 199 Å². The summed E-state index contributed by atoms with van der Waals surface area (Å²) in [6.45, 7) is 1.75. The van der Waals surface area contributed by atoms with Crippen LogP contribution in [0, 0.1) is 0 Å². The Hall–Kier alpha value is -3.50. The summed E-state index contributed by atoms with van der Waals surface area (Å²) in [5, 5.41) is 2.72. The average Bonchev–Trinajstić information content (AvgIpc) is 3.21. The number of esters is 1. The van der Waals surface area contributed by atoms with E-state index in [1.807, 2.05) is 0 Å². The van der Waals surface area contributed by atoms with E-state index >= 15 is 0 Å². The molecule has 2 aromatic carbocycles. The fourth-order valence-electron chi connectivity index (χ4n) is 3.50. The first-order valence-electron chi connectivity index (χ1n) is 10.0. The van der Waals surface area contributed by atoms with Crippen LogP contribution in [0.2, 0.25) is 0 Å². The summed E-state index contributed by atoms with van der Waals surface area (Å²) < 4.78 is 5.31. The SMILES string of the molecule is CCOC(=O)c1ccc(NC(=O)CN2C(=O)/C(=C3/SC(=S)N(C)C3=O)c3ccccc32)cc1. The molecule has 1 saturated heterocycles. The predicted molar refractivity (Wildman–Crippen MR) is 130 cm³/mol. The molecule has 4 rings (SSSR count). The van der Waals surface area contributed by atoms with Crippen LogP contribution in [0.4, 0.5) is 11.4 Å². The number of carbonyl (C=O) groups excluding carboxylic acids is 4. The quantitative estimate of drug-likeness (QED) is 0.398. The zero-order chi connectivity index (χ0) is 23.7. The van der Waals surface area contributed by atoms with E-state index in [0.717, 1.165) is 11.8 Å². The number of benzene rings is 2. The highest BCUT2D eigenvalue weighted by atomic mass is 32.2. The topological polar surface area (TPSA) is 96.0 Å². The molecule has 0 bridgehead atoms. The number of likely N-dealkylation sites (N-methyl/N-ethyl adjacent to an activating group) is 1. The Morgan fingerprint density at radius 3 is 2.39 bits per heavy atom. The minimum Gasteiger partial charge on any atom is -0.462 e. The number of nitrogens with zero attached hydrogens (tertiary/aromatic N) is 2. The van der Waals surface area contributed by atoms with Gasteiger partial charge in [0.2, 0.25) is 5.91 Å². The van der Waals surface area contributed by atoms with Gasteiger partial charge in [0.1, 0.15) is 10.9 Å². The molecule has 0 radical (unpaired) electrons. The third-order valence-corrected chi connectivity index (χ3v) is 6.65. The number of nitrogens with one attached hydrogen (secondary N) is 1. The van der Waals surface area contributed by atoms with Gasteiger partial charge in [0, 0.05) is 18.3 Å². The number of hydrogen-bond donors (Lipinski definition) is 1. The van der Waals surface area contributed by atoms with Crippen LogP contribution in [0.15, 0.2) is 53.4 Å². The van der Waals surface area contributed by atoms with Crippen LogP contribution in [-0.2, 0) is 19.1 Å². The van der Waals surface area contributed by atoms with Gasteiger partial charge in [-0.05, 0) is 37.3 Å². The van der Waals surface area contributed by atoms with Crippen molar-refractivity contribution in [1.82, 2.24) is 4.90 Å². The molecule has 0 saturated carbocycles. The Morgan fingerprint density at radius 1 is 1.06 bits per heavy atom. The van der Waals surface area contributed by atoms with Crippen LogP contribution in [0.25, 0.3) is 5.57 Å². The van der Waals surface area contributed by atoms with E-state index < -0.39 is 17.8 Å². The van der Waals surface area contributed by atoms with Gasteiger partial charge in [-0.1, -0.05) is 42.2 Å². The molecular weight excluding hydrogens is 462 g/mol. The number of amides is 3. The van der Waals surface area contributed by atoms with Gasteiger partial charge >= 0.3 is 5.97 Å². The van der Waals surface area contributed by atoms with Crippen molar-refractivity contribution in [2.45, 2.75) is 6.92 Å². The molecule has 2 aliphatic rings. The van der Waals surface area contributed by atoms with Gasteiger partial charge in [0.05, 0.1) is 28.3 Å². The summed E-state index contributed by atoms with van der Waals surface area (Å²) >= 11 is 6.28. The summed E-state index contributed by atoms with van der Waals surface area (Å²) in [6.07, 6.45) is 0. The van der Waals surface area contributed by atoms with E-state index in [0.29, 0.717) is 26.8 Å². The van der Waals surface area contributed by atoms with Crippen LogP contribution in [0.5, 0.6) is 0 Å². The fourth-order valence-corrected chi connectivity index (χ4v) is 4.75. The Kier molecular flexibility index (Phi) is 6.30. The summed E-state index contributed by atoms with van der Waals surface area (Å²) in [7, 11) is 1.56. The number of thioether (sulfide) groups is 1. The maximum atomic E-state index is 13.3. The minimum absolute atomic E-state index is 0.245. The lowest BCUT2D eigenvalue weighted by atomic mass is 10.1. The van der Waals surface area contributed by atoms with Crippen molar-refractivity contribution in [3.63, 3.8) is 0 Å². The van der Waals surface area contributed by atoms with Gasteiger partial charge < -0.3 is 10.1 Å². The highest BCUT2D eigenvalue weighted by Gasteiger charge is 2.41. The maximum absolute atomic E-state index is 13.3. The largest absolute Gasteiger partial charge is 0.462 e. The number of ether oxygens (including phenoxy) is 1. The van der Waals surface area contributed by atoms with Crippen LogP contribution in [0.1, 0.15) is 22.8 Å². The second kappa shape index (κ2) is 9.16. The molecule has 33 heavy (non-hydrogen) atoms. The first-order valence-corrected chi connectivity index (χ1v) is 11.3. The van der Waals surface area contributed by atoms with Crippen LogP contribution in [-0.4, -0.2) is 53.1 Å². The molecule has 168 valence electrons. The summed E-state index contributed by atoms with van der Waals surface area (Å²) in [5.41, 5.74) is 2.23. The number of carbonyl (C=O) groups is 4. The molecule has 8 nitrogen and oxygen atoms in total. The first-order chi connectivity index (χ1) is 15.8. The van der Waals surface area contributed by atoms with E-state index in [-0.39, 0.29) is 29.5 Å². The standard InChI is InChI=1S/C23H19N3O5S2/c1-3-31-22(30)13-8-10-14(11-9-13)24-17(27)12-26-16-7-5-4-6-15(16)18(20(26)28)19-21(29)25(2)23(32)33-19/h4-11H,3,12H2,1-2H3,(H,24,27)/b19-18+. The zero-order valence-electron chi connectivity index (χ0n) is 17.8. The first kappa shape index (κ1) is 22.7. The lowest BCUT2D eigenvalue weighted by Crippen LogP contribution is -2.35. The molecule has 2 aromatic rings. The Bertz CT molecular complexity index is 1220. The fraction of sp³-hybridized carbons (Fsp3) is 0.174.